The molecule has 0 saturated heterocycles. The molecule has 0 saturated carbocycles. The van der Waals surface area contributed by atoms with Crippen LogP contribution in [0.3, 0.4) is 0 Å². The third-order valence-corrected chi connectivity index (χ3v) is 4.74. The number of para-hydroxylation sites is 1. The van der Waals surface area contributed by atoms with Crippen molar-refractivity contribution in [3.05, 3.63) is 88.4 Å². The zero-order chi connectivity index (χ0) is 19.1. The van der Waals surface area contributed by atoms with Crippen LogP contribution in [0.25, 0.3) is 32.6 Å². The number of rotatable bonds is 3. The molecule has 0 bridgehead atoms. The van der Waals surface area contributed by atoms with Crippen LogP contribution < -0.4 is 5.63 Å². The number of nitrogens with zero attached hydrogens (tertiary/aromatic N) is 1. The minimum Gasteiger partial charge on any atom is -0.456 e. The van der Waals surface area contributed by atoms with Gasteiger partial charge in [-0.1, -0.05) is 48.5 Å². The van der Waals surface area contributed by atoms with Crippen molar-refractivity contribution in [1.29, 1.82) is 0 Å². The molecule has 0 spiro atoms. The van der Waals surface area contributed by atoms with Gasteiger partial charge >= 0.3 is 11.6 Å². The molecule has 2 aromatic heterocycles. The highest BCUT2D eigenvalue weighted by Gasteiger charge is 2.17. The van der Waals surface area contributed by atoms with Gasteiger partial charge in [-0.3, -0.25) is 5.10 Å². The standard InChI is InChI=1S/C22H14N2O4/c25-19-11-14(20-15-6-2-1-5-13(15)9-10-18(20)28-19)12-27-22(26)21-16-7-3-4-8-17(16)23-24-21/h1-11H,12H2,(H,23,24). The third kappa shape index (κ3) is 2.63. The fraction of sp³-hybridized carbons (Fsp3) is 0.0455. The first-order chi connectivity index (χ1) is 13.7. The summed E-state index contributed by atoms with van der Waals surface area (Å²) in [5.74, 6) is -0.556. The minimum absolute atomic E-state index is 0.0594. The Hall–Kier alpha value is -3.93. The molecule has 28 heavy (non-hydrogen) atoms. The van der Waals surface area contributed by atoms with E-state index < -0.39 is 11.6 Å². The first-order valence-corrected chi connectivity index (χ1v) is 8.75. The van der Waals surface area contributed by atoms with E-state index >= 15 is 0 Å². The average Bonchev–Trinajstić information content (AvgIpc) is 3.15. The minimum atomic E-state index is -0.556. The van der Waals surface area contributed by atoms with Crippen molar-refractivity contribution in [2.45, 2.75) is 6.61 Å². The molecule has 6 nitrogen and oxygen atoms in total. The van der Waals surface area contributed by atoms with E-state index in [0.717, 1.165) is 21.7 Å². The summed E-state index contributed by atoms with van der Waals surface area (Å²) in [5.41, 5.74) is 1.54. The molecule has 0 fully saturated rings. The van der Waals surface area contributed by atoms with Crippen molar-refractivity contribution < 1.29 is 13.9 Å². The zero-order valence-electron chi connectivity index (χ0n) is 14.6. The molecule has 5 aromatic rings. The van der Waals surface area contributed by atoms with Crippen LogP contribution in [0.4, 0.5) is 0 Å². The highest BCUT2D eigenvalue weighted by Crippen LogP contribution is 2.28. The van der Waals surface area contributed by atoms with Gasteiger partial charge in [-0.05, 0) is 22.9 Å². The van der Waals surface area contributed by atoms with Gasteiger partial charge in [-0.2, -0.15) is 5.10 Å². The third-order valence-electron chi connectivity index (χ3n) is 4.74. The summed E-state index contributed by atoms with van der Waals surface area (Å²) in [5, 5.41) is 10.3. The second-order valence-electron chi connectivity index (χ2n) is 6.44. The van der Waals surface area contributed by atoms with Crippen LogP contribution in [0, 0.1) is 0 Å². The maximum absolute atomic E-state index is 12.6. The number of fused-ring (bicyclic) bond motifs is 4. The lowest BCUT2D eigenvalue weighted by molar-refractivity contribution is 0.0469. The molecule has 0 unspecified atom stereocenters. The number of aromatic nitrogens is 2. The van der Waals surface area contributed by atoms with Gasteiger partial charge < -0.3 is 9.15 Å². The summed E-state index contributed by atoms with van der Waals surface area (Å²) in [6.07, 6.45) is 0. The van der Waals surface area contributed by atoms with Crippen LogP contribution in [-0.2, 0) is 11.3 Å². The molecule has 0 radical (unpaired) electrons. The molecule has 0 aliphatic rings. The lowest BCUT2D eigenvalue weighted by Gasteiger charge is -2.09. The van der Waals surface area contributed by atoms with Gasteiger partial charge in [0.25, 0.3) is 0 Å². The smallest absolute Gasteiger partial charge is 0.359 e. The van der Waals surface area contributed by atoms with E-state index in [2.05, 4.69) is 10.2 Å². The molecule has 1 N–H and O–H groups in total. The van der Waals surface area contributed by atoms with E-state index in [1.165, 1.54) is 6.07 Å². The Kier molecular flexibility index (Phi) is 3.69. The van der Waals surface area contributed by atoms with Crippen molar-refractivity contribution in [2.24, 2.45) is 0 Å². The van der Waals surface area contributed by atoms with Crippen LogP contribution in [0.5, 0.6) is 0 Å². The highest BCUT2D eigenvalue weighted by atomic mass is 16.5. The van der Waals surface area contributed by atoms with Gasteiger partial charge in [0.2, 0.25) is 0 Å². The van der Waals surface area contributed by atoms with E-state index in [1.54, 1.807) is 12.1 Å². The quantitative estimate of drug-likeness (QED) is 0.293. The second kappa shape index (κ2) is 6.35. The van der Waals surface area contributed by atoms with Gasteiger partial charge in [-0.15, -0.1) is 0 Å². The van der Waals surface area contributed by atoms with Gasteiger partial charge in [-0.25, -0.2) is 9.59 Å². The van der Waals surface area contributed by atoms with Crippen molar-refractivity contribution in [3.8, 4) is 0 Å². The van der Waals surface area contributed by atoms with E-state index in [4.69, 9.17) is 9.15 Å². The molecule has 0 aliphatic carbocycles. The zero-order valence-corrected chi connectivity index (χ0v) is 14.6. The summed E-state index contributed by atoms with van der Waals surface area (Å²) in [6.45, 7) is -0.0594. The SMILES string of the molecule is O=C(OCc1cc(=O)oc2ccc3ccccc3c12)c1n[nH]c2ccccc12. The van der Waals surface area contributed by atoms with Crippen molar-refractivity contribution in [2.75, 3.05) is 0 Å². The number of aromatic amines is 1. The summed E-state index contributed by atoms with van der Waals surface area (Å²) in [6, 6.07) is 20.1. The Morgan fingerprint density at radius 3 is 2.68 bits per heavy atom. The Balaban J connectivity index is 1.55. The van der Waals surface area contributed by atoms with E-state index in [9.17, 15) is 9.59 Å². The monoisotopic (exact) mass is 370 g/mol. The number of esters is 1. The number of hydrogen-bond acceptors (Lipinski definition) is 5. The maximum atomic E-state index is 12.6. The lowest BCUT2D eigenvalue weighted by atomic mass is 10.0. The number of ether oxygens (including phenoxy) is 1. The fourth-order valence-corrected chi connectivity index (χ4v) is 3.46. The predicted octanol–water partition coefficient (Wildman–Crippen LogP) is 4.18. The van der Waals surface area contributed by atoms with Crippen LogP contribution in [0.2, 0.25) is 0 Å². The molecular formula is C22H14N2O4. The molecule has 0 amide bonds. The Morgan fingerprint density at radius 2 is 1.79 bits per heavy atom. The molecular weight excluding hydrogens is 356 g/mol. The first-order valence-electron chi connectivity index (χ1n) is 8.75. The van der Waals surface area contributed by atoms with Gasteiger partial charge in [0.05, 0.1) is 5.52 Å². The molecule has 2 heterocycles. The van der Waals surface area contributed by atoms with Gasteiger partial charge in [0.1, 0.15) is 12.2 Å². The first kappa shape index (κ1) is 16.3. The molecule has 0 aliphatic heterocycles. The number of benzene rings is 3. The van der Waals surface area contributed by atoms with Gasteiger partial charge in [0, 0.05) is 22.4 Å². The largest absolute Gasteiger partial charge is 0.456 e. The molecule has 136 valence electrons. The highest BCUT2D eigenvalue weighted by molar-refractivity contribution is 6.07. The lowest BCUT2D eigenvalue weighted by Crippen LogP contribution is -2.09. The topological polar surface area (TPSA) is 85.2 Å². The van der Waals surface area contributed by atoms with Crippen LogP contribution in [0.15, 0.2) is 75.9 Å². The van der Waals surface area contributed by atoms with E-state index in [1.807, 2.05) is 48.5 Å². The summed E-state index contributed by atoms with van der Waals surface area (Å²) >= 11 is 0. The number of carbonyl (C=O) groups excluding carboxylic acids is 1. The molecule has 6 heteroatoms. The van der Waals surface area contributed by atoms with Crippen LogP contribution in [0.1, 0.15) is 16.1 Å². The Morgan fingerprint density at radius 1 is 1.00 bits per heavy atom. The normalized spacial score (nSPS) is 11.3. The summed E-state index contributed by atoms with van der Waals surface area (Å²) < 4.78 is 10.8. The Bertz CT molecular complexity index is 1410. The van der Waals surface area contributed by atoms with Crippen LogP contribution in [-0.4, -0.2) is 16.2 Å². The molecule has 5 rings (SSSR count). The fourth-order valence-electron chi connectivity index (χ4n) is 3.46. The number of carbonyl (C=O) groups is 1. The number of H-pyrrole nitrogens is 1. The second-order valence-corrected chi connectivity index (χ2v) is 6.44. The summed E-state index contributed by atoms with van der Waals surface area (Å²) in [7, 11) is 0. The summed E-state index contributed by atoms with van der Waals surface area (Å²) in [4.78, 5) is 24.5. The number of nitrogens with one attached hydrogen (secondary N) is 1. The maximum Gasteiger partial charge on any atom is 0.359 e. The molecule has 0 atom stereocenters. The predicted molar refractivity (Wildman–Crippen MR) is 105 cm³/mol. The van der Waals surface area contributed by atoms with Crippen molar-refractivity contribution >= 4 is 38.6 Å². The average molecular weight is 370 g/mol. The van der Waals surface area contributed by atoms with Crippen molar-refractivity contribution in [1.82, 2.24) is 10.2 Å². The van der Waals surface area contributed by atoms with Crippen LogP contribution >= 0.6 is 0 Å². The van der Waals surface area contributed by atoms with Crippen molar-refractivity contribution in [3.63, 3.8) is 0 Å². The van der Waals surface area contributed by atoms with E-state index in [-0.39, 0.29) is 12.3 Å². The molecule has 3 aromatic carbocycles. The number of hydrogen-bond donors (Lipinski definition) is 1. The van der Waals surface area contributed by atoms with E-state index in [0.29, 0.717) is 16.5 Å². The van der Waals surface area contributed by atoms with Gasteiger partial charge in [0.15, 0.2) is 5.69 Å². The Labute approximate surface area is 158 Å².